The highest BCUT2D eigenvalue weighted by Crippen LogP contribution is 2.47. The Kier molecular flexibility index (Phi) is 4.44. The predicted molar refractivity (Wildman–Crippen MR) is 100 cm³/mol. The molecular weight excluding hydrogens is 332 g/mol. The fraction of sp³-hybridized carbons (Fsp3) is 0.350. The highest BCUT2D eigenvalue weighted by Gasteiger charge is 2.42. The molecule has 130 valence electrons. The summed E-state index contributed by atoms with van der Waals surface area (Å²) in [7, 11) is 0. The van der Waals surface area contributed by atoms with Crippen LogP contribution in [-0.2, 0) is 5.41 Å². The van der Waals surface area contributed by atoms with E-state index in [9.17, 15) is 4.79 Å². The van der Waals surface area contributed by atoms with Gasteiger partial charge in [0.05, 0.1) is 6.54 Å². The van der Waals surface area contributed by atoms with Gasteiger partial charge in [-0.1, -0.05) is 24.3 Å². The van der Waals surface area contributed by atoms with Crippen molar-refractivity contribution < 1.29 is 9.53 Å². The van der Waals surface area contributed by atoms with Crippen LogP contribution in [0.1, 0.15) is 28.8 Å². The van der Waals surface area contributed by atoms with Crippen LogP contribution in [0.3, 0.4) is 0 Å². The third-order valence-electron chi connectivity index (χ3n) is 5.04. The number of amides is 1. The van der Waals surface area contributed by atoms with Crippen molar-refractivity contribution >= 4 is 17.7 Å². The quantitative estimate of drug-likeness (QED) is 0.866. The maximum atomic E-state index is 12.5. The average Bonchev–Trinajstić information content (AvgIpc) is 3.47. The van der Waals surface area contributed by atoms with E-state index in [2.05, 4.69) is 17.4 Å². The SMILES string of the molecule is NCC1(c2cccc(C(=O)NCC3CSc4ccccc4O3)c2)CC1. The summed E-state index contributed by atoms with van der Waals surface area (Å²) in [5.41, 5.74) is 7.88. The maximum absolute atomic E-state index is 12.5. The summed E-state index contributed by atoms with van der Waals surface area (Å²) < 4.78 is 5.97. The van der Waals surface area contributed by atoms with E-state index in [1.165, 1.54) is 5.56 Å². The summed E-state index contributed by atoms with van der Waals surface area (Å²) in [5.74, 6) is 1.69. The molecule has 4 nitrogen and oxygen atoms in total. The Balaban J connectivity index is 1.38. The van der Waals surface area contributed by atoms with Crippen molar-refractivity contribution in [3.63, 3.8) is 0 Å². The standard InChI is InChI=1S/C20H22N2O2S/c21-13-20(8-9-20)15-5-3-4-14(10-15)19(23)22-11-16-12-25-18-7-2-1-6-17(18)24-16/h1-7,10,16H,8-9,11-13,21H2,(H,22,23). The largest absolute Gasteiger partial charge is 0.487 e. The van der Waals surface area contributed by atoms with Gasteiger partial charge in [-0.3, -0.25) is 4.79 Å². The molecule has 2 aromatic carbocycles. The fourth-order valence-electron chi connectivity index (χ4n) is 3.22. The summed E-state index contributed by atoms with van der Waals surface area (Å²) in [6, 6.07) is 15.9. The summed E-state index contributed by atoms with van der Waals surface area (Å²) >= 11 is 1.77. The molecule has 0 saturated heterocycles. The minimum absolute atomic E-state index is 0.00847. The van der Waals surface area contributed by atoms with Crippen LogP contribution in [0.2, 0.25) is 0 Å². The lowest BCUT2D eigenvalue weighted by Gasteiger charge is -2.25. The number of thioether (sulfide) groups is 1. The van der Waals surface area contributed by atoms with Crippen LogP contribution in [0.25, 0.3) is 0 Å². The van der Waals surface area contributed by atoms with Crippen molar-refractivity contribution in [2.24, 2.45) is 5.73 Å². The second-order valence-corrected chi connectivity index (χ2v) is 7.83. The Labute approximate surface area is 152 Å². The fourth-order valence-corrected chi connectivity index (χ4v) is 4.21. The number of hydrogen-bond acceptors (Lipinski definition) is 4. The Morgan fingerprint density at radius 2 is 2.08 bits per heavy atom. The van der Waals surface area contributed by atoms with Crippen LogP contribution < -0.4 is 15.8 Å². The monoisotopic (exact) mass is 354 g/mol. The molecule has 3 N–H and O–H groups in total. The highest BCUT2D eigenvalue weighted by atomic mass is 32.2. The molecule has 5 heteroatoms. The number of ether oxygens (including phenoxy) is 1. The minimum atomic E-state index is -0.0536. The van der Waals surface area contributed by atoms with Gasteiger partial charge in [0.2, 0.25) is 0 Å². The summed E-state index contributed by atoms with van der Waals surface area (Å²) in [6.07, 6.45) is 2.22. The molecule has 1 aliphatic heterocycles. The molecule has 1 saturated carbocycles. The summed E-state index contributed by atoms with van der Waals surface area (Å²) in [6.45, 7) is 1.15. The van der Waals surface area contributed by atoms with Crippen molar-refractivity contribution in [2.45, 2.75) is 29.3 Å². The zero-order chi connectivity index (χ0) is 17.3. The van der Waals surface area contributed by atoms with Crippen LogP contribution >= 0.6 is 11.8 Å². The van der Waals surface area contributed by atoms with E-state index in [4.69, 9.17) is 10.5 Å². The molecule has 0 aromatic heterocycles. The highest BCUT2D eigenvalue weighted by molar-refractivity contribution is 7.99. The first-order valence-electron chi connectivity index (χ1n) is 8.67. The topological polar surface area (TPSA) is 64.4 Å². The van der Waals surface area contributed by atoms with Gasteiger partial charge in [-0.05, 0) is 42.7 Å². The normalized spacial score (nSPS) is 20.3. The Morgan fingerprint density at radius 1 is 1.24 bits per heavy atom. The zero-order valence-corrected chi connectivity index (χ0v) is 14.9. The van der Waals surface area contributed by atoms with Crippen LogP contribution in [0.4, 0.5) is 0 Å². The number of fused-ring (bicyclic) bond motifs is 1. The smallest absolute Gasteiger partial charge is 0.251 e. The first-order valence-corrected chi connectivity index (χ1v) is 9.66. The number of carbonyl (C=O) groups is 1. The van der Waals surface area contributed by atoms with E-state index in [-0.39, 0.29) is 17.4 Å². The molecule has 25 heavy (non-hydrogen) atoms. The summed E-state index contributed by atoms with van der Waals surface area (Å²) in [5, 5.41) is 3.01. The van der Waals surface area contributed by atoms with Crippen LogP contribution in [0, 0.1) is 0 Å². The molecule has 2 aliphatic rings. The first kappa shape index (κ1) is 16.5. The minimum Gasteiger partial charge on any atom is -0.487 e. The van der Waals surface area contributed by atoms with E-state index in [0.29, 0.717) is 18.7 Å². The Morgan fingerprint density at radius 3 is 2.88 bits per heavy atom. The molecule has 1 fully saturated rings. The van der Waals surface area contributed by atoms with Crippen LogP contribution in [0.5, 0.6) is 5.75 Å². The van der Waals surface area contributed by atoms with Gasteiger partial charge in [0.15, 0.2) is 0 Å². The second-order valence-electron chi connectivity index (χ2n) is 6.77. The van der Waals surface area contributed by atoms with E-state index in [0.717, 1.165) is 29.2 Å². The number of benzene rings is 2. The van der Waals surface area contributed by atoms with E-state index in [1.807, 2.05) is 36.4 Å². The molecule has 0 radical (unpaired) electrons. The lowest BCUT2D eigenvalue weighted by atomic mass is 9.94. The molecular formula is C20H22N2O2S. The lowest BCUT2D eigenvalue weighted by molar-refractivity contribution is 0.0931. The van der Waals surface area contributed by atoms with Crippen LogP contribution in [-0.4, -0.2) is 30.9 Å². The van der Waals surface area contributed by atoms with Gasteiger partial charge in [-0.2, -0.15) is 0 Å². The number of nitrogens with one attached hydrogen (secondary N) is 1. The molecule has 0 bridgehead atoms. The van der Waals surface area contributed by atoms with Gasteiger partial charge >= 0.3 is 0 Å². The third-order valence-corrected chi connectivity index (χ3v) is 6.23. The number of para-hydroxylation sites is 1. The second kappa shape index (κ2) is 6.73. The Bertz CT molecular complexity index is 789. The van der Waals surface area contributed by atoms with Crippen molar-refractivity contribution in [1.29, 1.82) is 0 Å². The van der Waals surface area contributed by atoms with E-state index in [1.54, 1.807) is 11.8 Å². The maximum Gasteiger partial charge on any atom is 0.251 e. The molecule has 1 aliphatic carbocycles. The number of carbonyl (C=O) groups excluding carboxylic acids is 1. The molecule has 0 spiro atoms. The van der Waals surface area contributed by atoms with Gasteiger partial charge < -0.3 is 15.8 Å². The predicted octanol–water partition coefficient (Wildman–Crippen LogP) is 2.96. The van der Waals surface area contributed by atoms with Crippen molar-refractivity contribution in [2.75, 3.05) is 18.8 Å². The first-order chi connectivity index (χ1) is 12.2. The molecule has 1 amide bonds. The van der Waals surface area contributed by atoms with Crippen molar-refractivity contribution in [3.8, 4) is 5.75 Å². The van der Waals surface area contributed by atoms with E-state index >= 15 is 0 Å². The lowest BCUT2D eigenvalue weighted by Crippen LogP contribution is -2.38. The molecule has 1 unspecified atom stereocenters. The van der Waals surface area contributed by atoms with Crippen molar-refractivity contribution in [1.82, 2.24) is 5.32 Å². The van der Waals surface area contributed by atoms with Gasteiger partial charge in [-0.15, -0.1) is 11.8 Å². The third kappa shape index (κ3) is 3.39. The molecule has 1 atom stereocenters. The van der Waals surface area contributed by atoms with Gasteiger partial charge in [0.1, 0.15) is 11.9 Å². The van der Waals surface area contributed by atoms with Gasteiger partial charge in [0, 0.05) is 28.2 Å². The molecule has 4 rings (SSSR count). The van der Waals surface area contributed by atoms with E-state index < -0.39 is 0 Å². The number of nitrogens with two attached hydrogens (primary N) is 1. The van der Waals surface area contributed by atoms with Crippen molar-refractivity contribution in [3.05, 3.63) is 59.7 Å². The zero-order valence-electron chi connectivity index (χ0n) is 14.0. The van der Waals surface area contributed by atoms with Gasteiger partial charge in [-0.25, -0.2) is 0 Å². The Hall–Kier alpha value is -1.98. The molecule has 1 heterocycles. The average molecular weight is 354 g/mol. The number of hydrogen-bond donors (Lipinski definition) is 2. The van der Waals surface area contributed by atoms with Gasteiger partial charge in [0.25, 0.3) is 5.91 Å². The van der Waals surface area contributed by atoms with Crippen LogP contribution in [0.15, 0.2) is 53.4 Å². The summed E-state index contributed by atoms with van der Waals surface area (Å²) in [4.78, 5) is 13.7. The number of rotatable bonds is 5. The molecule has 2 aromatic rings.